The van der Waals surface area contributed by atoms with Crippen LogP contribution in [-0.4, -0.2) is 42.8 Å². The molecular weight excluding hydrogens is 232 g/mol. The monoisotopic (exact) mass is 250 g/mol. The molecule has 7 heteroatoms. The van der Waals surface area contributed by atoms with Crippen LogP contribution in [0.5, 0.6) is 0 Å². The van der Waals surface area contributed by atoms with Crippen LogP contribution in [0.4, 0.5) is 5.82 Å². The number of aliphatic hydroxyl groups excluding tert-OH is 1. The average molecular weight is 250 g/mol. The van der Waals surface area contributed by atoms with Crippen LogP contribution in [0.25, 0.3) is 5.65 Å². The van der Waals surface area contributed by atoms with E-state index in [2.05, 4.69) is 46.6 Å². The van der Waals surface area contributed by atoms with Crippen LogP contribution in [0.15, 0.2) is 12.4 Å². The first-order valence-corrected chi connectivity index (χ1v) is 5.90. The van der Waals surface area contributed by atoms with E-state index in [1.165, 1.54) is 0 Å². The molecule has 2 N–H and O–H groups in total. The van der Waals surface area contributed by atoms with Crippen molar-refractivity contribution in [1.29, 1.82) is 0 Å². The third kappa shape index (κ3) is 3.13. The van der Waals surface area contributed by atoms with Crippen LogP contribution in [0.1, 0.15) is 27.2 Å². The smallest absolute Gasteiger partial charge is 0.199 e. The molecule has 1 atom stereocenters. The standard InChI is InChI=1S/C11H18N6O/c1-11(2,3)4-8(18)5-13-9-6-12-7-10-14-15-16-17(9)10/h6-8,13,18H,4-5H2,1-3H3. The molecule has 0 radical (unpaired) electrons. The third-order valence-electron chi connectivity index (χ3n) is 2.48. The van der Waals surface area contributed by atoms with Gasteiger partial charge in [-0.05, 0) is 22.3 Å². The fraction of sp³-hybridized carbons (Fsp3) is 0.636. The molecular formula is C11H18N6O. The zero-order valence-electron chi connectivity index (χ0n) is 10.8. The normalized spacial score (nSPS) is 13.8. The average Bonchev–Trinajstić information content (AvgIpc) is 2.72. The third-order valence-corrected chi connectivity index (χ3v) is 2.48. The molecule has 0 fully saturated rings. The first-order valence-electron chi connectivity index (χ1n) is 5.90. The Morgan fingerprint density at radius 3 is 2.89 bits per heavy atom. The number of hydrogen-bond acceptors (Lipinski definition) is 6. The van der Waals surface area contributed by atoms with Gasteiger partial charge in [0.05, 0.1) is 18.5 Å². The van der Waals surface area contributed by atoms with E-state index in [1.54, 1.807) is 16.9 Å². The van der Waals surface area contributed by atoms with Gasteiger partial charge >= 0.3 is 0 Å². The highest BCUT2D eigenvalue weighted by atomic mass is 16.3. The highest BCUT2D eigenvalue weighted by Crippen LogP contribution is 2.20. The van der Waals surface area contributed by atoms with Crippen LogP contribution in [0, 0.1) is 5.41 Å². The second-order valence-corrected chi connectivity index (χ2v) is 5.54. The van der Waals surface area contributed by atoms with Crippen LogP contribution >= 0.6 is 0 Å². The Labute approximate surface area is 105 Å². The largest absolute Gasteiger partial charge is 0.391 e. The van der Waals surface area contributed by atoms with Gasteiger partial charge in [-0.1, -0.05) is 20.8 Å². The maximum atomic E-state index is 9.92. The van der Waals surface area contributed by atoms with Crippen molar-refractivity contribution < 1.29 is 5.11 Å². The maximum absolute atomic E-state index is 9.92. The number of hydrogen-bond donors (Lipinski definition) is 2. The summed E-state index contributed by atoms with van der Waals surface area (Å²) in [6, 6.07) is 0. The van der Waals surface area contributed by atoms with E-state index in [-0.39, 0.29) is 5.41 Å². The number of anilines is 1. The molecule has 2 aromatic heterocycles. The van der Waals surface area contributed by atoms with Gasteiger partial charge in [0.25, 0.3) is 0 Å². The Kier molecular flexibility index (Phi) is 3.42. The first-order chi connectivity index (χ1) is 8.46. The van der Waals surface area contributed by atoms with Crippen molar-refractivity contribution in [2.75, 3.05) is 11.9 Å². The number of tetrazole rings is 1. The van der Waals surface area contributed by atoms with Gasteiger partial charge in [0.1, 0.15) is 0 Å². The van der Waals surface area contributed by atoms with Crippen LogP contribution < -0.4 is 5.32 Å². The van der Waals surface area contributed by atoms with Crippen molar-refractivity contribution in [3.8, 4) is 0 Å². The molecule has 2 heterocycles. The Morgan fingerprint density at radius 1 is 1.39 bits per heavy atom. The molecule has 0 aliphatic carbocycles. The van der Waals surface area contributed by atoms with Crippen molar-refractivity contribution in [2.24, 2.45) is 5.41 Å². The molecule has 0 aliphatic heterocycles. The number of nitrogens with zero attached hydrogens (tertiary/aromatic N) is 5. The molecule has 0 aliphatic rings. The van der Waals surface area contributed by atoms with E-state index in [4.69, 9.17) is 0 Å². The molecule has 0 bridgehead atoms. The summed E-state index contributed by atoms with van der Waals surface area (Å²) in [6.07, 6.45) is 3.51. The SMILES string of the molecule is CC(C)(C)CC(O)CNc1cncc2nnnn12. The Bertz CT molecular complexity index is 517. The highest BCUT2D eigenvalue weighted by molar-refractivity contribution is 5.43. The van der Waals surface area contributed by atoms with Gasteiger partial charge < -0.3 is 10.4 Å². The van der Waals surface area contributed by atoms with Crippen LogP contribution in [-0.2, 0) is 0 Å². The lowest BCUT2D eigenvalue weighted by atomic mass is 9.89. The summed E-state index contributed by atoms with van der Waals surface area (Å²) in [5.41, 5.74) is 0.672. The summed E-state index contributed by atoms with van der Waals surface area (Å²) in [4.78, 5) is 4.03. The minimum Gasteiger partial charge on any atom is -0.391 e. The zero-order chi connectivity index (χ0) is 13.2. The van der Waals surface area contributed by atoms with Gasteiger partial charge in [-0.2, -0.15) is 4.52 Å². The molecule has 1 unspecified atom stereocenters. The number of aliphatic hydroxyl groups is 1. The van der Waals surface area contributed by atoms with Crippen molar-refractivity contribution in [3.05, 3.63) is 12.4 Å². The van der Waals surface area contributed by atoms with E-state index >= 15 is 0 Å². The maximum Gasteiger partial charge on any atom is 0.199 e. The van der Waals surface area contributed by atoms with E-state index in [0.29, 0.717) is 18.0 Å². The molecule has 0 spiro atoms. The summed E-state index contributed by atoms with van der Waals surface area (Å²) in [5.74, 6) is 0.672. The molecule has 0 saturated carbocycles. The van der Waals surface area contributed by atoms with Crippen LogP contribution in [0.3, 0.4) is 0 Å². The molecule has 2 aromatic rings. The number of nitrogens with one attached hydrogen (secondary N) is 1. The second-order valence-electron chi connectivity index (χ2n) is 5.54. The van der Waals surface area contributed by atoms with E-state index in [1.807, 2.05) is 0 Å². The molecule has 0 aromatic carbocycles. The number of aromatic nitrogens is 5. The predicted octanol–water partition coefficient (Wildman–Crippen LogP) is 0.728. The summed E-state index contributed by atoms with van der Waals surface area (Å²) in [7, 11) is 0. The van der Waals surface area contributed by atoms with Gasteiger partial charge in [0.2, 0.25) is 0 Å². The minimum atomic E-state index is -0.420. The number of rotatable bonds is 4. The fourth-order valence-corrected chi connectivity index (χ4v) is 1.80. The van der Waals surface area contributed by atoms with Gasteiger partial charge in [0, 0.05) is 6.54 Å². The van der Waals surface area contributed by atoms with E-state index in [9.17, 15) is 5.11 Å². The Balaban J connectivity index is 2.00. The molecule has 2 rings (SSSR count). The summed E-state index contributed by atoms with van der Waals surface area (Å²) in [6.45, 7) is 6.73. The Hall–Kier alpha value is -1.76. The highest BCUT2D eigenvalue weighted by Gasteiger charge is 2.16. The second kappa shape index (κ2) is 4.85. The lowest BCUT2D eigenvalue weighted by Crippen LogP contribution is -2.25. The van der Waals surface area contributed by atoms with E-state index in [0.717, 1.165) is 6.42 Å². The molecule has 0 amide bonds. The quantitative estimate of drug-likeness (QED) is 0.831. The topological polar surface area (TPSA) is 88.2 Å². The van der Waals surface area contributed by atoms with Gasteiger partial charge in [-0.3, -0.25) is 4.98 Å². The molecule has 0 saturated heterocycles. The number of fused-ring (bicyclic) bond motifs is 1. The van der Waals surface area contributed by atoms with Gasteiger partial charge in [-0.25, -0.2) is 0 Å². The Morgan fingerprint density at radius 2 is 2.17 bits per heavy atom. The first kappa shape index (κ1) is 12.7. The van der Waals surface area contributed by atoms with Crippen LogP contribution in [0.2, 0.25) is 0 Å². The van der Waals surface area contributed by atoms with Crippen molar-refractivity contribution in [1.82, 2.24) is 25.0 Å². The lowest BCUT2D eigenvalue weighted by molar-refractivity contribution is 0.132. The predicted molar refractivity (Wildman–Crippen MR) is 67.1 cm³/mol. The minimum absolute atomic E-state index is 0.0974. The van der Waals surface area contributed by atoms with E-state index < -0.39 is 6.10 Å². The van der Waals surface area contributed by atoms with Gasteiger partial charge in [-0.15, -0.1) is 5.10 Å². The fourth-order valence-electron chi connectivity index (χ4n) is 1.80. The van der Waals surface area contributed by atoms with Crippen molar-refractivity contribution in [3.63, 3.8) is 0 Å². The molecule has 7 nitrogen and oxygen atoms in total. The summed E-state index contributed by atoms with van der Waals surface area (Å²) >= 11 is 0. The van der Waals surface area contributed by atoms with Gasteiger partial charge in [0.15, 0.2) is 11.5 Å². The lowest BCUT2D eigenvalue weighted by Gasteiger charge is -2.22. The zero-order valence-corrected chi connectivity index (χ0v) is 10.8. The van der Waals surface area contributed by atoms with Crippen molar-refractivity contribution >= 4 is 11.5 Å². The summed E-state index contributed by atoms with van der Waals surface area (Å²) in [5, 5.41) is 24.2. The molecule has 98 valence electrons. The summed E-state index contributed by atoms with van der Waals surface area (Å²) < 4.78 is 1.55. The van der Waals surface area contributed by atoms with Crippen molar-refractivity contribution in [2.45, 2.75) is 33.3 Å². The molecule has 18 heavy (non-hydrogen) atoms.